The van der Waals surface area contributed by atoms with E-state index >= 15 is 0 Å². The number of carbonyl (C=O) groups is 1. The Kier molecular flexibility index (Phi) is 6.04. The third-order valence-corrected chi connectivity index (χ3v) is 6.21. The quantitative estimate of drug-likeness (QED) is 0.224. The molecule has 160 valence electrons. The number of anilines is 1. The molecule has 0 aliphatic carbocycles. The molecule has 8 heteroatoms. The van der Waals surface area contributed by atoms with Crippen LogP contribution in [0.25, 0.3) is 16.3 Å². The number of pyridine rings is 1. The molecule has 0 aliphatic rings. The summed E-state index contributed by atoms with van der Waals surface area (Å²) in [5.41, 5.74) is 4.50. The molecule has 0 fully saturated rings. The summed E-state index contributed by atoms with van der Waals surface area (Å²) in [4.78, 5) is 34.3. The standard InChI is InChI=1S/C24H20N4O3S/c1-16-6-7-17(2)23-22(16)26-24(32-23)27(15-19-5-3-4-14-25-19)21(29)13-10-18-8-11-20(12-9-18)28(30)31/h3-14H,15H2,1-2H3/b13-10+. The molecule has 0 spiro atoms. The molecule has 2 aromatic heterocycles. The maximum Gasteiger partial charge on any atom is 0.269 e. The molecular weight excluding hydrogens is 424 g/mol. The smallest absolute Gasteiger partial charge is 0.269 e. The second kappa shape index (κ2) is 9.07. The lowest BCUT2D eigenvalue weighted by Crippen LogP contribution is -2.29. The Morgan fingerprint density at radius 3 is 2.50 bits per heavy atom. The van der Waals surface area contributed by atoms with Gasteiger partial charge in [-0.2, -0.15) is 0 Å². The topological polar surface area (TPSA) is 89.2 Å². The number of hydrogen-bond acceptors (Lipinski definition) is 6. The van der Waals surface area contributed by atoms with Gasteiger partial charge in [-0.25, -0.2) is 4.98 Å². The summed E-state index contributed by atoms with van der Waals surface area (Å²) >= 11 is 1.48. The van der Waals surface area contributed by atoms with Crippen molar-refractivity contribution in [3.63, 3.8) is 0 Å². The Balaban J connectivity index is 1.67. The summed E-state index contributed by atoms with van der Waals surface area (Å²) in [6, 6.07) is 15.7. The first-order chi connectivity index (χ1) is 15.4. The summed E-state index contributed by atoms with van der Waals surface area (Å²) in [5.74, 6) is -0.247. The van der Waals surface area contributed by atoms with Crippen molar-refractivity contribution >= 4 is 44.4 Å². The van der Waals surface area contributed by atoms with Crippen molar-refractivity contribution in [3.8, 4) is 0 Å². The van der Waals surface area contributed by atoms with Crippen LogP contribution in [-0.2, 0) is 11.3 Å². The number of nitro benzene ring substituents is 1. The van der Waals surface area contributed by atoms with Crippen molar-refractivity contribution in [1.82, 2.24) is 9.97 Å². The highest BCUT2D eigenvalue weighted by atomic mass is 32.1. The van der Waals surface area contributed by atoms with Gasteiger partial charge in [0, 0.05) is 24.4 Å². The number of non-ortho nitro benzene ring substituents is 1. The molecule has 4 rings (SSSR count). The summed E-state index contributed by atoms with van der Waals surface area (Å²) in [6.45, 7) is 4.32. The van der Waals surface area contributed by atoms with E-state index in [0.29, 0.717) is 10.7 Å². The number of hydrogen-bond donors (Lipinski definition) is 0. The van der Waals surface area contributed by atoms with Crippen LogP contribution in [0.2, 0.25) is 0 Å². The van der Waals surface area contributed by atoms with Crippen molar-refractivity contribution in [2.24, 2.45) is 0 Å². The van der Waals surface area contributed by atoms with Crippen molar-refractivity contribution in [1.29, 1.82) is 0 Å². The fourth-order valence-corrected chi connectivity index (χ4v) is 4.34. The molecule has 0 saturated carbocycles. The molecule has 0 N–H and O–H groups in total. The van der Waals surface area contributed by atoms with Gasteiger partial charge in [0.1, 0.15) is 0 Å². The normalized spacial score (nSPS) is 11.2. The van der Waals surface area contributed by atoms with Crippen LogP contribution in [0.4, 0.5) is 10.8 Å². The number of amides is 1. The van der Waals surface area contributed by atoms with E-state index in [1.807, 2.05) is 38.1 Å². The van der Waals surface area contributed by atoms with E-state index in [-0.39, 0.29) is 18.1 Å². The van der Waals surface area contributed by atoms with E-state index in [1.165, 1.54) is 29.5 Å². The van der Waals surface area contributed by atoms with E-state index in [4.69, 9.17) is 4.98 Å². The SMILES string of the molecule is Cc1ccc(C)c2sc(N(Cc3ccccn3)C(=O)/C=C/c3ccc([N+](=O)[O-])cc3)nc12. The van der Waals surface area contributed by atoms with Gasteiger partial charge in [-0.15, -0.1) is 0 Å². The molecule has 7 nitrogen and oxygen atoms in total. The Morgan fingerprint density at radius 2 is 1.84 bits per heavy atom. The van der Waals surface area contributed by atoms with Gasteiger partial charge in [-0.05, 0) is 60.9 Å². The van der Waals surface area contributed by atoms with E-state index in [1.54, 1.807) is 29.3 Å². The van der Waals surface area contributed by atoms with Crippen LogP contribution in [0, 0.1) is 24.0 Å². The molecule has 4 aromatic rings. The number of benzene rings is 2. The maximum atomic E-state index is 13.2. The van der Waals surface area contributed by atoms with Gasteiger partial charge in [0.15, 0.2) is 5.13 Å². The lowest BCUT2D eigenvalue weighted by Gasteiger charge is -2.17. The second-order valence-corrected chi connectivity index (χ2v) is 8.28. The van der Waals surface area contributed by atoms with E-state index < -0.39 is 4.92 Å². The molecular formula is C24H20N4O3S. The molecule has 0 saturated heterocycles. The van der Waals surface area contributed by atoms with E-state index in [0.717, 1.165) is 27.0 Å². The van der Waals surface area contributed by atoms with Crippen LogP contribution >= 0.6 is 11.3 Å². The van der Waals surface area contributed by atoms with Crippen LogP contribution in [-0.4, -0.2) is 20.8 Å². The number of nitro groups is 1. The second-order valence-electron chi connectivity index (χ2n) is 7.30. The molecule has 0 radical (unpaired) electrons. The maximum absolute atomic E-state index is 13.2. The summed E-state index contributed by atoms with van der Waals surface area (Å²) < 4.78 is 1.05. The van der Waals surface area contributed by atoms with Crippen LogP contribution in [0.3, 0.4) is 0 Å². The van der Waals surface area contributed by atoms with Gasteiger partial charge in [0.2, 0.25) is 0 Å². The lowest BCUT2D eigenvalue weighted by atomic mass is 10.1. The predicted molar refractivity (Wildman–Crippen MR) is 127 cm³/mol. The molecule has 2 heterocycles. The molecule has 32 heavy (non-hydrogen) atoms. The zero-order valence-electron chi connectivity index (χ0n) is 17.6. The molecule has 1 amide bonds. The first-order valence-corrected chi connectivity index (χ1v) is 10.7. The van der Waals surface area contributed by atoms with Crippen molar-refractivity contribution in [3.05, 3.63) is 99.4 Å². The minimum atomic E-state index is -0.454. The number of aromatic nitrogens is 2. The molecule has 0 atom stereocenters. The number of carbonyl (C=O) groups excluding carboxylic acids is 1. The number of nitrogens with zero attached hydrogens (tertiary/aromatic N) is 4. The summed E-state index contributed by atoms with van der Waals surface area (Å²) in [7, 11) is 0. The Hall–Kier alpha value is -3.91. The van der Waals surface area contributed by atoms with Crippen LogP contribution in [0.5, 0.6) is 0 Å². The minimum absolute atomic E-state index is 0.00507. The first-order valence-electron chi connectivity index (χ1n) is 9.93. The highest BCUT2D eigenvalue weighted by Gasteiger charge is 2.20. The van der Waals surface area contributed by atoms with Crippen LogP contribution in [0.1, 0.15) is 22.4 Å². The number of rotatable bonds is 6. The monoisotopic (exact) mass is 444 g/mol. The average Bonchev–Trinajstić information content (AvgIpc) is 3.26. The van der Waals surface area contributed by atoms with Gasteiger partial charge < -0.3 is 0 Å². The fourth-order valence-electron chi connectivity index (χ4n) is 3.22. The molecule has 0 unspecified atom stereocenters. The molecule has 0 bridgehead atoms. The van der Waals surface area contributed by atoms with E-state index in [2.05, 4.69) is 11.1 Å². The van der Waals surface area contributed by atoms with Gasteiger partial charge >= 0.3 is 0 Å². The van der Waals surface area contributed by atoms with E-state index in [9.17, 15) is 14.9 Å². The lowest BCUT2D eigenvalue weighted by molar-refractivity contribution is -0.384. The Bertz CT molecular complexity index is 1280. The fraction of sp³-hybridized carbons (Fsp3) is 0.125. The number of thiazole rings is 1. The van der Waals surface area contributed by atoms with Crippen molar-refractivity contribution < 1.29 is 9.72 Å². The van der Waals surface area contributed by atoms with Gasteiger partial charge in [-0.1, -0.05) is 29.5 Å². The average molecular weight is 445 g/mol. The Labute approximate surface area is 188 Å². The van der Waals surface area contributed by atoms with Crippen molar-refractivity contribution in [2.75, 3.05) is 4.90 Å². The van der Waals surface area contributed by atoms with Gasteiger partial charge in [-0.3, -0.25) is 24.8 Å². The zero-order valence-corrected chi connectivity index (χ0v) is 18.4. The summed E-state index contributed by atoms with van der Waals surface area (Å²) in [5, 5.41) is 11.4. The summed E-state index contributed by atoms with van der Waals surface area (Å²) in [6.07, 6.45) is 4.79. The highest BCUT2D eigenvalue weighted by molar-refractivity contribution is 7.22. The van der Waals surface area contributed by atoms with Crippen LogP contribution in [0.15, 0.2) is 66.9 Å². The first kappa shape index (κ1) is 21.3. The molecule has 2 aromatic carbocycles. The zero-order chi connectivity index (χ0) is 22.7. The number of fused-ring (bicyclic) bond motifs is 1. The highest BCUT2D eigenvalue weighted by Crippen LogP contribution is 2.33. The third-order valence-electron chi connectivity index (χ3n) is 5.00. The Morgan fingerprint density at radius 1 is 1.09 bits per heavy atom. The van der Waals surface area contributed by atoms with Gasteiger partial charge in [0.05, 0.1) is 27.4 Å². The van der Waals surface area contributed by atoms with Gasteiger partial charge in [0.25, 0.3) is 11.6 Å². The minimum Gasteiger partial charge on any atom is -0.278 e. The predicted octanol–water partition coefficient (Wildman–Crippen LogP) is 5.46. The molecule has 0 aliphatic heterocycles. The van der Waals surface area contributed by atoms with Crippen LogP contribution < -0.4 is 4.90 Å². The largest absolute Gasteiger partial charge is 0.278 e. The number of aryl methyl sites for hydroxylation is 2. The third kappa shape index (κ3) is 4.55. The van der Waals surface area contributed by atoms with Crippen molar-refractivity contribution in [2.45, 2.75) is 20.4 Å².